The van der Waals surface area contributed by atoms with E-state index in [1.165, 1.54) is 22.5 Å². The van der Waals surface area contributed by atoms with E-state index in [0.717, 1.165) is 5.56 Å². The zero-order valence-electron chi connectivity index (χ0n) is 13.7. The van der Waals surface area contributed by atoms with E-state index in [0.29, 0.717) is 5.16 Å². The van der Waals surface area contributed by atoms with Crippen molar-refractivity contribution in [1.29, 1.82) is 0 Å². The lowest BCUT2D eigenvalue weighted by atomic mass is 10.1. The number of aromatic carboxylic acids is 1. The Morgan fingerprint density at radius 2 is 1.81 bits per heavy atom. The monoisotopic (exact) mass is 369 g/mol. The van der Waals surface area contributed by atoms with E-state index in [-0.39, 0.29) is 17.2 Å². The minimum Gasteiger partial charge on any atom is -0.478 e. The van der Waals surface area contributed by atoms with Crippen molar-refractivity contribution in [3.63, 3.8) is 0 Å². The number of tetrazole rings is 1. The number of carbonyl (C=O) groups is 2. The van der Waals surface area contributed by atoms with Crippen LogP contribution < -0.4 is 5.32 Å². The second kappa shape index (κ2) is 7.79. The van der Waals surface area contributed by atoms with Crippen molar-refractivity contribution in [2.45, 2.75) is 10.4 Å². The van der Waals surface area contributed by atoms with E-state index < -0.39 is 11.2 Å². The Hall–Kier alpha value is -3.20. The average Bonchev–Trinajstić information content (AvgIpc) is 3.05. The third-order valence-corrected chi connectivity index (χ3v) is 4.84. The molecule has 2 aromatic carbocycles. The molecule has 0 aliphatic rings. The summed E-state index contributed by atoms with van der Waals surface area (Å²) in [6.45, 7) is 0. The molecule has 3 aromatic rings. The molecular weight excluding hydrogens is 354 g/mol. The zero-order valence-corrected chi connectivity index (χ0v) is 14.6. The van der Waals surface area contributed by atoms with Crippen LogP contribution in [-0.4, -0.2) is 37.2 Å². The number of nitrogens with one attached hydrogen (secondary N) is 1. The van der Waals surface area contributed by atoms with E-state index in [1.54, 1.807) is 25.2 Å². The van der Waals surface area contributed by atoms with E-state index in [2.05, 4.69) is 20.8 Å². The second-order valence-corrected chi connectivity index (χ2v) is 6.41. The number of rotatable bonds is 6. The number of nitrogens with zero attached hydrogens (tertiary/aromatic N) is 4. The van der Waals surface area contributed by atoms with Crippen molar-refractivity contribution in [1.82, 2.24) is 20.2 Å². The molecular formula is C17H15N5O3S. The van der Waals surface area contributed by atoms with Crippen LogP contribution >= 0.6 is 11.8 Å². The predicted octanol–water partition coefficient (Wildman–Crippen LogP) is 2.38. The fraction of sp³-hybridized carbons (Fsp3) is 0.118. The summed E-state index contributed by atoms with van der Waals surface area (Å²) < 4.78 is 1.47. The molecule has 0 spiro atoms. The largest absolute Gasteiger partial charge is 0.478 e. The first-order valence-electron chi connectivity index (χ1n) is 7.63. The number of hydrogen-bond donors (Lipinski definition) is 2. The molecule has 0 unspecified atom stereocenters. The summed E-state index contributed by atoms with van der Waals surface area (Å²) >= 11 is 1.18. The van der Waals surface area contributed by atoms with Crippen LogP contribution in [-0.2, 0) is 11.8 Å². The van der Waals surface area contributed by atoms with Crippen LogP contribution in [0.1, 0.15) is 21.2 Å². The molecule has 0 saturated carbocycles. The maximum atomic E-state index is 12.9. The third kappa shape index (κ3) is 3.89. The van der Waals surface area contributed by atoms with E-state index >= 15 is 0 Å². The zero-order chi connectivity index (χ0) is 18.5. The molecule has 0 aliphatic carbocycles. The summed E-state index contributed by atoms with van der Waals surface area (Å²) in [5, 5.41) is 23.1. The summed E-state index contributed by atoms with van der Waals surface area (Å²) in [5.41, 5.74) is 1.02. The van der Waals surface area contributed by atoms with Gasteiger partial charge in [-0.15, -0.1) is 5.10 Å². The molecule has 3 rings (SSSR count). The van der Waals surface area contributed by atoms with Gasteiger partial charge in [0.25, 0.3) is 0 Å². The summed E-state index contributed by atoms with van der Waals surface area (Å²) in [5.74, 6) is -1.47. The number of amides is 1. The van der Waals surface area contributed by atoms with Crippen molar-refractivity contribution in [2.24, 2.45) is 7.05 Å². The second-order valence-electron chi connectivity index (χ2n) is 5.33. The lowest BCUT2D eigenvalue weighted by molar-refractivity contribution is -0.115. The number of anilines is 1. The van der Waals surface area contributed by atoms with Crippen molar-refractivity contribution >= 4 is 29.3 Å². The highest BCUT2D eigenvalue weighted by molar-refractivity contribution is 8.00. The standard InChI is InChI=1S/C17H15N5O3S/c1-22-17(19-20-21-22)26-14(11-7-3-2-4-8-11)15(23)18-13-10-6-5-9-12(13)16(24)25/h2-10,14H,1H3,(H,18,23)(H,24,25)/t14-/m0/s1. The molecule has 0 radical (unpaired) electrons. The Balaban J connectivity index is 1.91. The number of para-hydroxylation sites is 1. The van der Waals surface area contributed by atoms with Gasteiger partial charge in [-0.3, -0.25) is 4.79 Å². The molecule has 0 saturated heterocycles. The van der Waals surface area contributed by atoms with Crippen molar-refractivity contribution in [3.05, 3.63) is 65.7 Å². The lowest BCUT2D eigenvalue weighted by Gasteiger charge is -2.17. The Morgan fingerprint density at radius 1 is 1.12 bits per heavy atom. The van der Waals surface area contributed by atoms with Crippen LogP contribution in [0.15, 0.2) is 59.8 Å². The van der Waals surface area contributed by atoms with E-state index in [1.807, 2.05) is 30.3 Å². The van der Waals surface area contributed by atoms with Crippen LogP contribution in [0, 0.1) is 0 Å². The maximum Gasteiger partial charge on any atom is 0.337 e. The highest BCUT2D eigenvalue weighted by Gasteiger charge is 2.25. The first kappa shape index (κ1) is 17.6. The molecule has 2 N–H and O–H groups in total. The number of hydrogen-bond acceptors (Lipinski definition) is 6. The van der Waals surface area contributed by atoms with E-state index in [9.17, 15) is 14.7 Å². The molecule has 1 heterocycles. The van der Waals surface area contributed by atoms with Crippen LogP contribution in [0.4, 0.5) is 5.69 Å². The fourth-order valence-electron chi connectivity index (χ4n) is 2.30. The minimum atomic E-state index is -1.11. The van der Waals surface area contributed by atoms with Gasteiger partial charge in [0.2, 0.25) is 11.1 Å². The van der Waals surface area contributed by atoms with Crippen molar-refractivity contribution in [3.8, 4) is 0 Å². The molecule has 132 valence electrons. The molecule has 1 aromatic heterocycles. The number of aryl methyl sites for hydroxylation is 1. The first-order chi connectivity index (χ1) is 12.6. The Morgan fingerprint density at radius 3 is 2.46 bits per heavy atom. The topological polar surface area (TPSA) is 110 Å². The molecule has 26 heavy (non-hydrogen) atoms. The SMILES string of the molecule is Cn1nnnc1S[C@H](C(=O)Nc1ccccc1C(=O)O)c1ccccc1. The summed E-state index contributed by atoms with van der Waals surface area (Å²) in [7, 11) is 1.68. The Kier molecular flexibility index (Phi) is 5.28. The van der Waals surface area contributed by atoms with Crippen LogP contribution in [0.5, 0.6) is 0 Å². The number of carbonyl (C=O) groups excluding carboxylic acids is 1. The molecule has 1 amide bonds. The summed E-state index contributed by atoms with van der Waals surface area (Å²) in [4.78, 5) is 24.3. The highest BCUT2D eigenvalue weighted by Crippen LogP contribution is 2.34. The van der Waals surface area contributed by atoms with E-state index in [4.69, 9.17) is 0 Å². The van der Waals surface area contributed by atoms with Gasteiger partial charge in [-0.1, -0.05) is 54.2 Å². The number of thioether (sulfide) groups is 1. The van der Waals surface area contributed by atoms with Crippen molar-refractivity contribution < 1.29 is 14.7 Å². The quantitative estimate of drug-likeness (QED) is 0.642. The number of carboxylic acid groups (broad SMARTS) is 1. The average molecular weight is 369 g/mol. The highest BCUT2D eigenvalue weighted by atomic mass is 32.2. The predicted molar refractivity (Wildman–Crippen MR) is 95.9 cm³/mol. The molecule has 0 fully saturated rings. The first-order valence-corrected chi connectivity index (χ1v) is 8.51. The summed E-state index contributed by atoms with van der Waals surface area (Å²) in [6, 6.07) is 15.4. The molecule has 1 atom stereocenters. The summed E-state index contributed by atoms with van der Waals surface area (Å²) in [6.07, 6.45) is 0. The molecule has 8 nitrogen and oxygen atoms in total. The normalized spacial score (nSPS) is 11.7. The number of aromatic nitrogens is 4. The molecule has 0 aliphatic heterocycles. The van der Waals surface area contributed by atoms with Gasteiger partial charge in [0, 0.05) is 7.05 Å². The van der Waals surface area contributed by atoms with Gasteiger partial charge >= 0.3 is 5.97 Å². The smallest absolute Gasteiger partial charge is 0.337 e. The molecule has 9 heteroatoms. The van der Waals surface area contributed by atoms with Gasteiger partial charge in [-0.05, 0) is 28.1 Å². The maximum absolute atomic E-state index is 12.9. The van der Waals surface area contributed by atoms with Crippen LogP contribution in [0.25, 0.3) is 0 Å². The third-order valence-electron chi connectivity index (χ3n) is 3.56. The molecule has 0 bridgehead atoms. The van der Waals surface area contributed by atoms with Gasteiger partial charge in [0.05, 0.1) is 11.3 Å². The minimum absolute atomic E-state index is 0.0259. The van der Waals surface area contributed by atoms with Crippen LogP contribution in [0.3, 0.4) is 0 Å². The van der Waals surface area contributed by atoms with Crippen molar-refractivity contribution in [2.75, 3.05) is 5.32 Å². The number of benzene rings is 2. The Labute approximate surface area is 153 Å². The van der Waals surface area contributed by atoms with Gasteiger partial charge in [0.1, 0.15) is 5.25 Å². The van der Waals surface area contributed by atoms with Gasteiger partial charge in [0.15, 0.2) is 0 Å². The van der Waals surface area contributed by atoms with Gasteiger partial charge in [-0.25, -0.2) is 9.48 Å². The lowest BCUT2D eigenvalue weighted by Crippen LogP contribution is -2.21. The van der Waals surface area contributed by atoms with Gasteiger partial charge in [-0.2, -0.15) is 0 Å². The van der Waals surface area contributed by atoms with Gasteiger partial charge < -0.3 is 10.4 Å². The van der Waals surface area contributed by atoms with Crippen LogP contribution in [0.2, 0.25) is 0 Å². The Bertz CT molecular complexity index is 929. The number of carboxylic acids is 1. The fourth-order valence-corrected chi connectivity index (χ4v) is 3.25.